The highest BCUT2D eigenvalue weighted by molar-refractivity contribution is 7.89. The molecule has 1 aromatic rings. The first kappa shape index (κ1) is 13.2. The lowest BCUT2D eigenvalue weighted by atomic mass is 10.0. The molecule has 104 valence electrons. The fraction of sp³-hybridized carbons (Fsp3) is 0.538. The fourth-order valence-electron chi connectivity index (χ4n) is 2.64. The maximum absolute atomic E-state index is 12.3. The monoisotopic (exact) mass is 300 g/mol. The van der Waals surface area contributed by atoms with Gasteiger partial charge in [0.05, 0.1) is 5.69 Å². The van der Waals surface area contributed by atoms with Crippen molar-refractivity contribution in [1.82, 2.24) is 4.72 Å². The molecule has 2 fully saturated rings. The lowest BCUT2D eigenvalue weighted by Crippen LogP contribution is -2.31. The highest BCUT2D eigenvalue weighted by atomic mass is 35.5. The number of nitrogens with one attached hydrogen (secondary N) is 1. The van der Waals surface area contributed by atoms with E-state index < -0.39 is 10.0 Å². The Balaban J connectivity index is 1.77. The van der Waals surface area contributed by atoms with E-state index in [0.717, 1.165) is 12.8 Å². The molecule has 3 N–H and O–H groups in total. The standard InChI is InChI=1S/C13H17ClN2O2S/c14-10-3-4-11(15)12(7-10)19(17,18)16-8-13(5-6-13)9-1-2-9/h3-4,7,9,16H,1-2,5-6,8,15H2. The van der Waals surface area contributed by atoms with Crippen LogP contribution in [0.4, 0.5) is 5.69 Å². The molecule has 2 aliphatic rings. The second kappa shape index (κ2) is 4.36. The molecule has 0 bridgehead atoms. The number of sulfonamides is 1. The minimum absolute atomic E-state index is 0.0756. The molecule has 0 amide bonds. The van der Waals surface area contributed by atoms with Gasteiger partial charge >= 0.3 is 0 Å². The van der Waals surface area contributed by atoms with Crippen LogP contribution in [-0.2, 0) is 10.0 Å². The van der Waals surface area contributed by atoms with Crippen LogP contribution in [-0.4, -0.2) is 15.0 Å². The molecule has 1 aromatic carbocycles. The second-order valence-electron chi connectivity index (χ2n) is 5.64. The Morgan fingerprint density at radius 1 is 1.37 bits per heavy atom. The van der Waals surface area contributed by atoms with Crippen LogP contribution in [0.3, 0.4) is 0 Å². The number of anilines is 1. The summed E-state index contributed by atoms with van der Waals surface area (Å²) in [5.74, 6) is 0.715. The molecule has 0 aliphatic heterocycles. The molecule has 2 aliphatic carbocycles. The number of halogens is 1. The van der Waals surface area contributed by atoms with E-state index in [9.17, 15) is 8.42 Å². The summed E-state index contributed by atoms with van der Waals surface area (Å²) in [6.07, 6.45) is 4.73. The Bertz CT molecular complexity index is 607. The molecule has 0 heterocycles. The number of nitrogen functional groups attached to an aromatic ring is 1. The SMILES string of the molecule is Nc1ccc(Cl)cc1S(=O)(=O)NCC1(C2CC2)CC1. The van der Waals surface area contributed by atoms with Gasteiger partial charge < -0.3 is 5.73 Å². The molecule has 0 atom stereocenters. The molecule has 0 radical (unpaired) electrons. The fourth-order valence-corrected chi connectivity index (χ4v) is 4.17. The Morgan fingerprint density at radius 2 is 2.05 bits per heavy atom. The third-order valence-corrected chi connectivity index (χ3v) is 5.91. The molecule has 0 unspecified atom stereocenters. The van der Waals surface area contributed by atoms with Crippen molar-refractivity contribution >= 4 is 27.3 Å². The first-order chi connectivity index (χ1) is 8.93. The molecule has 4 nitrogen and oxygen atoms in total. The first-order valence-electron chi connectivity index (χ1n) is 6.48. The van der Waals surface area contributed by atoms with Crippen LogP contribution in [0.2, 0.25) is 5.02 Å². The summed E-state index contributed by atoms with van der Waals surface area (Å²) in [4.78, 5) is 0.0756. The molecule has 19 heavy (non-hydrogen) atoms. The maximum Gasteiger partial charge on any atom is 0.242 e. The zero-order valence-corrected chi connectivity index (χ0v) is 12.1. The normalized spacial score (nSPS) is 21.3. The number of benzene rings is 1. The highest BCUT2D eigenvalue weighted by Crippen LogP contribution is 2.60. The Labute approximate surface area is 118 Å². The Morgan fingerprint density at radius 3 is 2.63 bits per heavy atom. The third kappa shape index (κ3) is 2.59. The Hall–Kier alpha value is -0.780. The van der Waals surface area contributed by atoms with Crippen molar-refractivity contribution in [2.45, 2.75) is 30.6 Å². The van der Waals surface area contributed by atoms with Crippen molar-refractivity contribution in [2.24, 2.45) is 11.3 Å². The van der Waals surface area contributed by atoms with Gasteiger partial charge in [-0.15, -0.1) is 0 Å². The minimum atomic E-state index is -3.57. The average Bonchev–Trinajstić information content (AvgIpc) is 3.22. The van der Waals surface area contributed by atoms with Gasteiger partial charge in [0.1, 0.15) is 4.90 Å². The molecule has 3 rings (SSSR count). The van der Waals surface area contributed by atoms with Crippen molar-refractivity contribution in [2.75, 3.05) is 12.3 Å². The van der Waals surface area contributed by atoms with E-state index in [2.05, 4.69) is 4.72 Å². The van der Waals surface area contributed by atoms with Gasteiger partial charge in [0.25, 0.3) is 0 Å². The van der Waals surface area contributed by atoms with Gasteiger partial charge in [-0.05, 0) is 55.2 Å². The van der Waals surface area contributed by atoms with Gasteiger partial charge in [0.2, 0.25) is 10.0 Å². The predicted octanol–water partition coefficient (Wildman–Crippen LogP) is 2.39. The van der Waals surface area contributed by atoms with Crippen molar-refractivity contribution in [3.8, 4) is 0 Å². The molecular formula is C13H17ClN2O2S. The molecule has 0 saturated heterocycles. The molecule has 2 saturated carbocycles. The summed E-state index contributed by atoms with van der Waals surface area (Å²) in [6.45, 7) is 0.520. The first-order valence-corrected chi connectivity index (χ1v) is 8.34. The van der Waals surface area contributed by atoms with Gasteiger partial charge in [0.15, 0.2) is 0 Å². The van der Waals surface area contributed by atoms with Crippen LogP contribution < -0.4 is 10.5 Å². The van der Waals surface area contributed by atoms with Crippen molar-refractivity contribution < 1.29 is 8.42 Å². The van der Waals surface area contributed by atoms with Crippen LogP contribution >= 0.6 is 11.6 Å². The topological polar surface area (TPSA) is 72.2 Å². The number of hydrogen-bond donors (Lipinski definition) is 2. The largest absolute Gasteiger partial charge is 0.398 e. The Kier molecular flexibility index (Phi) is 3.04. The van der Waals surface area contributed by atoms with Crippen LogP contribution in [0.1, 0.15) is 25.7 Å². The number of nitrogens with two attached hydrogens (primary N) is 1. The zero-order valence-electron chi connectivity index (χ0n) is 10.5. The average molecular weight is 301 g/mol. The summed E-state index contributed by atoms with van der Waals surface area (Å²) in [5, 5.41) is 0.373. The smallest absolute Gasteiger partial charge is 0.242 e. The molecule has 0 aromatic heterocycles. The predicted molar refractivity (Wildman–Crippen MR) is 75.4 cm³/mol. The molecule has 6 heteroatoms. The van der Waals surface area contributed by atoms with Gasteiger partial charge in [-0.1, -0.05) is 11.6 Å². The summed E-state index contributed by atoms with van der Waals surface area (Å²) in [5.41, 5.74) is 6.18. The minimum Gasteiger partial charge on any atom is -0.398 e. The van der Waals surface area contributed by atoms with Crippen LogP contribution in [0.25, 0.3) is 0 Å². The summed E-state index contributed by atoms with van der Waals surface area (Å²) >= 11 is 5.84. The van der Waals surface area contributed by atoms with Gasteiger partial charge in [-0.2, -0.15) is 0 Å². The van der Waals surface area contributed by atoms with Gasteiger partial charge in [-0.3, -0.25) is 0 Å². The van der Waals surface area contributed by atoms with E-state index in [-0.39, 0.29) is 16.0 Å². The number of rotatable bonds is 5. The van der Waals surface area contributed by atoms with Crippen molar-refractivity contribution in [3.05, 3.63) is 23.2 Å². The quantitative estimate of drug-likeness (QED) is 0.820. The van der Waals surface area contributed by atoms with E-state index in [0.29, 0.717) is 17.5 Å². The molecule has 0 spiro atoms. The zero-order chi connectivity index (χ0) is 13.7. The van der Waals surface area contributed by atoms with Crippen molar-refractivity contribution in [1.29, 1.82) is 0 Å². The molecular weight excluding hydrogens is 284 g/mol. The van der Waals surface area contributed by atoms with Crippen LogP contribution in [0.15, 0.2) is 23.1 Å². The van der Waals surface area contributed by atoms with Crippen LogP contribution in [0.5, 0.6) is 0 Å². The number of hydrogen-bond acceptors (Lipinski definition) is 3. The lowest BCUT2D eigenvalue weighted by molar-refractivity contribution is 0.432. The highest BCUT2D eigenvalue weighted by Gasteiger charge is 2.53. The van der Waals surface area contributed by atoms with Crippen molar-refractivity contribution in [3.63, 3.8) is 0 Å². The third-order valence-electron chi connectivity index (χ3n) is 4.21. The summed E-state index contributed by atoms with van der Waals surface area (Å²) in [7, 11) is -3.57. The maximum atomic E-state index is 12.3. The summed E-state index contributed by atoms with van der Waals surface area (Å²) in [6, 6.07) is 4.50. The van der Waals surface area contributed by atoms with Crippen LogP contribution in [0, 0.1) is 11.3 Å². The lowest BCUT2D eigenvalue weighted by Gasteiger charge is -2.16. The van der Waals surface area contributed by atoms with Gasteiger partial charge in [0, 0.05) is 11.6 Å². The van der Waals surface area contributed by atoms with E-state index in [1.54, 1.807) is 6.07 Å². The van der Waals surface area contributed by atoms with E-state index in [1.165, 1.54) is 25.0 Å². The van der Waals surface area contributed by atoms with Gasteiger partial charge in [-0.25, -0.2) is 13.1 Å². The summed E-state index contributed by atoms with van der Waals surface area (Å²) < 4.78 is 27.2. The van der Waals surface area contributed by atoms with E-state index in [4.69, 9.17) is 17.3 Å². The second-order valence-corrected chi connectivity index (χ2v) is 7.82. The van der Waals surface area contributed by atoms with E-state index >= 15 is 0 Å². The van der Waals surface area contributed by atoms with E-state index in [1.807, 2.05) is 0 Å².